The molecule has 0 aliphatic carbocycles. The van der Waals surface area contributed by atoms with Crippen molar-refractivity contribution in [1.29, 1.82) is 0 Å². The van der Waals surface area contributed by atoms with Crippen LogP contribution in [-0.2, 0) is 20.7 Å². The van der Waals surface area contributed by atoms with Crippen molar-refractivity contribution in [2.45, 2.75) is 44.6 Å². The molecule has 4 rings (SSSR count). The summed E-state index contributed by atoms with van der Waals surface area (Å²) in [6, 6.07) is 9.54. The number of carbonyl (C=O) groups is 2. The quantitative estimate of drug-likeness (QED) is 0.835. The van der Waals surface area contributed by atoms with E-state index in [-0.39, 0.29) is 23.3 Å². The van der Waals surface area contributed by atoms with E-state index in [0.717, 1.165) is 64.0 Å². The summed E-state index contributed by atoms with van der Waals surface area (Å²) in [4.78, 5) is 29.8. The highest BCUT2D eigenvalue weighted by molar-refractivity contribution is 5.89. The third kappa shape index (κ3) is 3.50. The molecular weight excluding hydrogens is 328 g/mol. The molecule has 5 heteroatoms. The Bertz CT molecular complexity index is 654. The Labute approximate surface area is 155 Å². The van der Waals surface area contributed by atoms with Gasteiger partial charge in [0.2, 0.25) is 11.8 Å². The molecular formula is C21H28N2O3. The van der Waals surface area contributed by atoms with Crippen molar-refractivity contribution < 1.29 is 14.3 Å². The van der Waals surface area contributed by atoms with Crippen molar-refractivity contribution in [3.8, 4) is 0 Å². The fraction of sp³-hybridized carbons (Fsp3) is 0.619. The van der Waals surface area contributed by atoms with Gasteiger partial charge in [-0.2, -0.15) is 0 Å². The predicted octanol–water partition coefficient (Wildman–Crippen LogP) is 2.25. The summed E-state index contributed by atoms with van der Waals surface area (Å²) in [5, 5.41) is 0. The standard InChI is InChI=1S/C21H28N2O3/c24-19(15-17-5-2-1-3-6-17)23-11-4-7-18(23)20(25)22-12-8-21(16-22)9-13-26-14-10-21/h1-3,5-6,18H,4,7-16H2. The van der Waals surface area contributed by atoms with Gasteiger partial charge in [-0.25, -0.2) is 0 Å². The van der Waals surface area contributed by atoms with Crippen LogP contribution in [-0.4, -0.2) is 60.5 Å². The number of rotatable bonds is 3. The zero-order valence-electron chi connectivity index (χ0n) is 15.4. The maximum Gasteiger partial charge on any atom is 0.245 e. The average molecular weight is 356 g/mol. The highest BCUT2D eigenvalue weighted by Crippen LogP contribution is 2.40. The monoisotopic (exact) mass is 356 g/mol. The van der Waals surface area contributed by atoms with E-state index in [0.29, 0.717) is 13.0 Å². The number of hydrogen-bond donors (Lipinski definition) is 0. The second-order valence-electron chi connectivity index (χ2n) is 8.03. The molecule has 0 aromatic heterocycles. The fourth-order valence-corrected chi connectivity index (χ4v) is 4.74. The zero-order chi connectivity index (χ0) is 18.0. The van der Waals surface area contributed by atoms with Crippen molar-refractivity contribution in [2.75, 3.05) is 32.8 Å². The van der Waals surface area contributed by atoms with Gasteiger partial charge in [0.15, 0.2) is 0 Å². The number of ether oxygens (including phenoxy) is 1. The molecule has 1 aromatic carbocycles. The van der Waals surface area contributed by atoms with Gasteiger partial charge in [0.05, 0.1) is 6.42 Å². The molecule has 1 aromatic rings. The lowest BCUT2D eigenvalue weighted by atomic mass is 9.80. The van der Waals surface area contributed by atoms with Crippen molar-refractivity contribution >= 4 is 11.8 Å². The lowest BCUT2D eigenvalue weighted by Gasteiger charge is -2.34. The van der Waals surface area contributed by atoms with Gasteiger partial charge in [0.1, 0.15) is 6.04 Å². The number of amides is 2. The van der Waals surface area contributed by atoms with Crippen LogP contribution in [0.25, 0.3) is 0 Å². The van der Waals surface area contributed by atoms with E-state index in [2.05, 4.69) is 0 Å². The topological polar surface area (TPSA) is 49.9 Å². The van der Waals surface area contributed by atoms with Gasteiger partial charge in [-0.1, -0.05) is 30.3 Å². The van der Waals surface area contributed by atoms with Crippen molar-refractivity contribution in [3.05, 3.63) is 35.9 Å². The van der Waals surface area contributed by atoms with E-state index in [1.54, 1.807) is 0 Å². The summed E-state index contributed by atoms with van der Waals surface area (Å²) in [6.45, 7) is 4.00. The van der Waals surface area contributed by atoms with Crippen LogP contribution in [0.3, 0.4) is 0 Å². The molecule has 5 nitrogen and oxygen atoms in total. The molecule has 3 saturated heterocycles. The SMILES string of the molecule is O=C(C1CCCN1C(=O)Cc1ccccc1)N1CCC2(CCOCC2)C1. The number of likely N-dealkylation sites (tertiary alicyclic amines) is 2. The van der Waals surface area contributed by atoms with Crippen LogP contribution in [0.1, 0.15) is 37.7 Å². The molecule has 26 heavy (non-hydrogen) atoms. The molecule has 3 fully saturated rings. The van der Waals surface area contributed by atoms with Crippen molar-refractivity contribution in [1.82, 2.24) is 9.80 Å². The largest absolute Gasteiger partial charge is 0.381 e. The van der Waals surface area contributed by atoms with Crippen LogP contribution in [0.2, 0.25) is 0 Å². The first-order chi connectivity index (χ1) is 12.7. The Morgan fingerprint density at radius 3 is 2.62 bits per heavy atom. The minimum absolute atomic E-state index is 0.0760. The Balaban J connectivity index is 1.40. The summed E-state index contributed by atoms with van der Waals surface area (Å²) >= 11 is 0. The average Bonchev–Trinajstić information content (AvgIpc) is 3.31. The van der Waals surface area contributed by atoms with Crippen LogP contribution >= 0.6 is 0 Å². The van der Waals surface area contributed by atoms with E-state index >= 15 is 0 Å². The van der Waals surface area contributed by atoms with E-state index in [1.807, 2.05) is 40.1 Å². The molecule has 0 N–H and O–H groups in total. The molecule has 140 valence electrons. The smallest absolute Gasteiger partial charge is 0.245 e. The normalized spacial score (nSPS) is 25.0. The Morgan fingerprint density at radius 1 is 1.08 bits per heavy atom. The van der Waals surface area contributed by atoms with E-state index in [4.69, 9.17) is 4.74 Å². The Morgan fingerprint density at radius 2 is 1.85 bits per heavy atom. The van der Waals surface area contributed by atoms with E-state index < -0.39 is 0 Å². The molecule has 1 unspecified atom stereocenters. The molecule has 2 amide bonds. The minimum Gasteiger partial charge on any atom is -0.381 e. The summed E-state index contributed by atoms with van der Waals surface area (Å²) in [6.07, 6.45) is 5.28. The lowest BCUT2D eigenvalue weighted by molar-refractivity contribution is -0.143. The first-order valence-corrected chi connectivity index (χ1v) is 9.87. The maximum atomic E-state index is 13.1. The zero-order valence-corrected chi connectivity index (χ0v) is 15.4. The van der Waals surface area contributed by atoms with Crippen molar-refractivity contribution in [2.24, 2.45) is 5.41 Å². The number of benzene rings is 1. The van der Waals surface area contributed by atoms with Gasteiger partial charge < -0.3 is 14.5 Å². The molecule has 0 bridgehead atoms. The van der Waals surface area contributed by atoms with Gasteiger partial charge in [-0.3, -0.25) is 9.59 Å². The van der Waals surface area contributed by atoms with Gasteiger partial charge in [-0.05, 0) is 43.1 Å². The molecule has 0 saturated carbocycles. The van der Waals surface area contributed by atoms with Gasteiger partial charge in [-0.15, -0.1) is 0 Å². The first kappa shape index (κ1) is 17.5. The molecule has 3 aliphatic heterocycles. The number of carbonyl (C=O) groups excluding carboxylic acids is 2. The molecule has 0 radical (unpaired) electrons. The summed E-state index contributed by atoms with van der Waals surface area (Å²) in [5.74, 6) is 0.235. The highest BCUT2D eigenvalue weighted by Gasteiger charge is 2.44. The Hall–Kier alpha value is -1.88. The molecule has 3 heterocycles. The number of hydrogen-bond acceptors (Lipinski definition) is 3. The second-order valence-corrected chi connectivity index (χ2v) is 8.03. The second kappa shape index (κ2) is 7.39. The van der Waals surface area contributed by atoms with Crippen LogP contribution in [0.5, 0.6) is 0 Å². The summed E-state index contributed by atoms with van der Waals surface area (Å²) in [7, 11) is 0. The molecule has 1 atom stereocenters. The minimum atomic E-state index is -0.263. The maximum absolute atomic E-state index is 13.1. The van der Waals surface area contributed by atoms with Gasteiger partial charge >= 0.3 is 0 Å². The van der Waals surface area contributed by atoms with Gasteiger partial charge in [0.25, 0.3) is 0 Å². The third-order valence-electron chi connectivity index (χ3n) is 6.36. The number of nitrogens with zero attached hydrogens (tertiary/aromatic N) is 2. The van der Waals surface area contributed by atoms with Crippen LogP contribution in [0, 0.1) is 5.41 Å². The van der Waals surface area contributed by atoms with Crippen LogP contribution in [0.15, 0.2) is 30.3 Å². The highest BCUT2D eigenvalue weighted by atomic mass is 16.5. The summed E-state index contributed by atoms with van der Waals surface area (Å²) < 4.78 is 5.50. The molecule has 1 spiro atoms. The van der Waals surface area contributed by atoms with Crippen molar-refractivity contribution in [3.63, 3.8) is 0 Å². The summed E-state index contributed by atoms with van der Waals surface area (Å²) in [5.41, 5.74) is 1.27. The van der Waals surface area contributed by atoms with Crippen LogP contribution in [0.4, 0.5) is 0 Å². The van der Waals surface area contributed by atoms with E-state index in [9.17, 15) is 9.59 Å². The predicted molar refractivity (Wildman–Crippen MR) is 98.6 cm³/mol. The van der Waals surface area contributed by atoms with Gasteiger partial charge in [0, 0.05) is 32.8 Å². The Kier molecular flexibility index (Phi) is 4.98. The van der Waals surface area contributed by atoms with Crippen LogP contribution < -0.4 is 0 Å². The molecule has 3 aliphatic rings. The lowest BCUT2D eigenvalue weighted by Crippen LogP contribution is -2.48. The van der Waals surface area contributed by atoms with E-state index in [1.165, 1.54) is 0 Å². The third-order valence-corrected chi connectivity index (χ3v) is 6.36. The fourth-order valence-electron chi connectivity index (χ4n) is 4.74. The first-order valence-electron chi connectivity index (χ1n) is 9.87.